The van der Waals surface area contributed by atoms with Crippen molar-refractivity contribution in [2.45, 2.75) is 19.8 Å². The quantitative estimate of drug-likeness (QED) is 0.653. The van der Waals surface area contributed by atoms with Crippen molar-refractivity contribution >= 4 is 28.4 Å². The van der Waals surface area contributed by atoms with Crippen LogP contribution in [0.2, 0.25) is 0 Å². The number of aromatic nitrogens is 1. The molecule has 1 aromatic heterocycles. The predicted octanol–water partition coefficient (Wildman–Crippen LogP) is 3.55. The van der Waals surface area contributed by atoms with Gasteiger partial charge in [-0.05, 0) is 30.2 Å². The van der Waals surface area contributed by atoms with Crippen LogP contribution in [0.3, 0.4) is 0 Å². The molecule has 0 fully saturated rings. The third-order valence-corrected chi connectivity index (χ3v) is 4.54. The van der Waals surface area contributed by atoms with Gasteiger partial charge >= 0.3 is 0 Å². The molecule has 3 aromatic rings. The average Bonchev–Trinajstić information content (AvgIpc) is 3.07. The van der Waals surface area contributed by atoms with Crippen molar-refractivity contribution in [3.63, 3.8) is 0 Å². The summed E-state index contributed by atoms with van der Waals surface area (Å²) in [5.74, 6) is -2.50. The predicted molar refractivity (Wildman–Crippen MR) is 104 cm³/mol. The minimum atomic E-state index is -0.838. The third kappa shape index (κ3) is 4.36. The SMILES string of the molecule is CC(=O)N(CCC(=O)NCCc1c[nH]c2ccccc12)c1c(F)cccc1F. The molecule has 0 radical (unpaired) electrons. The van der Waals surface area contributed by atoms with Crippen molar-refractivity contribution in [2.75, 3.05) is 18.0 Å². The molecule has 7 heteroatoms. The summed E-state index contributed by atoms with van der Waals surface area (Å²) in [6.45, 7) is 1.53. The lowest BCUT2D eigenvalue weighted by Gasteiger charge is -2.22. The van der Waals surface area contributed by atoms with E-state index in [1.165, 1.54) is 13.0 Å². The number of carbonyl (C=O) groups excluding carboxylic acids is 2. The Morgan fingerprint density at radius 3 is 2.50 bits per heavy atom. The van der Waals surface area contributed by atoms with Crippen molar-refractivity contribution < 1.29 is 18.4 Å². The van der Waals surface area contributed by atoms with Crippen LogP contribution in [0.15, 0.2) is 48.7 Å². The Morgan fingerprint density at radius 1 is 1.07 bits per heavy atom. The van der Waals surface area contributed by atoms with Crippen LogP contribution in [0.1, 0.15) is 18.9 Å². The number of hydrogen-bond donors (Lipinski definition) is 2. The van der Waals surface area contributed by atoms with Gasteiger partial charge in [-0.2, -0.15) is 0 Å². The first-order chi connectivity index (χ1) is 13.5. The average molecular weight is 385 g/mol. The standard InChI is InChI=1S/C21H21F2N3O2/c1-14(27)26(21-17(22)6-4-7-18(21)23)12-10-20(28)24-11-9-15-13-25-19-8-3-2-5-16(15)19/h2-8,13,25H,9-12H2,1H3,(H,24,28). The molecule has 2 amide bonds. The van der Waals surface area contributed by atoms with Crippen LogP contribution in [-0.2, 0) is 16.0 Å². The van der Waals surface area contributed by atoms with E-state index in [-0.39, 0.29) is 18.9 Å². The van der Waals surface area contributed by atoms with Crippen LogP contribution in [0.4, 0.5) is 14.5 Å². The fourth-order valence-corrected chi connectivity index (χ4v) is 3.15. The Kier molecular flexibility index (Phi) is 6.03. The van der Waals surface area contributed by atoms with Crippen molar-refractivity contribution in [2.24, 2.45) is 0 Å². The highest BCUT2D eigenvalue weighted by Crippen LogP contribution is 2.23. The normalized spacial score (nSPS) is 10.8. The van der Waals surface area contributed by atoms with Gasteiger partial charge in [-0.1, -0.05) is 24.3 Å². The van der Waals surface area contributed by atoms with Gasteiger partial charge in [0.15, 0.2) is 0 Å². The van der Waals surface area contributed by atoms with Crippen LogP contribution in [0, 0.1) is 11.6 Å². The monoisotopic (exact) mass is 385 g/mol. The number of carbonyl (C=O) groups is 2. The molecule has 146 valence electrons. The first-order valence-electron chi connectivity index (χ1n) is 9.01. The lowest BCUT2D eigenvalue weighted by molar-refractivity contribution is -0.121. The van der Waals surface area contributed by atoms with Gasteiger partial charge in [0.05, 0.1) is 0 Å². The maximum atomic E-state index is 13.9. The van der Waals surface area contributed by atoms with Crippen LogP contribution >= 0.6 is 0 Å². The number of amides is 2. The summed E-state index contributed by atoms with van der Waals surface area (Å²) in [6, 6.07) is 11.3. The number of benzene rings is 2. The number of nitrogens with zero attached hydrogens (tertiary/aromatic N) is 1. The molecule has 2 aromatic carbocycles. The molecular formula is C21H21F2N3O2. The van der Waals surface area contributed by atoms with E-state index in [1.54, 1.807) is 0 Å². The summed E-state index contributed by atoms with van der Waals surface area (Å²) in [5, 5.41) is 3.89. The molecule has 3 rings (SSSR count). The number of nitrogens with one attached hydrogen (secondary N) is 2. The minimum Gasteiger partial charge on any atom is -0.361 e. The summed E-state index contributed by atoms with van der Waals surface area (Å²) in [7, 11) is 0. The van der Waals surface area contributed by atoms with Gasteiger partial charge in [0.2, 0.25) is 11.8 Å². The van der Waals surface area contributed by atoms with Crippen molar-refractivity contribution in [1.29, 1.82) is 0 Å². The third-order valence-electron chi connectivity index (χ3n) is 4.54. The second kappa shape index (κ2) is 8.65. The van der Waals surface area contributed by atoms with E-state index < -0.39 is 23.2 Å². The van der Waals surface area contributed by atoms with Gasteiger partial charge in [-0.15, -0.1) is 0 Å². The molecule has 0 saturated carbocycles. The number of fused-ring (bicyclic) bond motifs is 1. The minimum absolute atomic E-state index is 0.0543. The molecule has 0 aliphatic rings. The zero-order valence-corrected chi connectivity index (χ0v) is 15.5. The van der Waals surface area contributed by atoms with E-state index >= 15 is 0 Å². The largest absolute Gasteiger partial charge is 0.361 e. The van der Waals surface area contributed by atoms with Crippen molar-refractivity contribution in [3.05, 3.63) is 65.9 Å². The fraction of sp³-hybridized carbons (Fsp3) is 0.238. The first kappa shape index (κ1) is 19.5. The lowest BCUT2D eigenvalue weighted by atomic mass is 10.1. The molecule has 0 spiro atoms. The van der Waals surface area contributed by atoms with Crippen molar-refractivity contribution in [3.8, 4) is 0 Å². The Labute approximate surface area is 161 Å². The highest BCUT2D eigenvalue weighted by Gasteiger charge is 2.20. The smallest absolute Gasteiger partial charge is 0.224 e. The molecule has 0 unspecified atom stereocenters. The van der Waals surface area contributed by atoms with Crippen LogP contribution in [-0.4, -0.2) is 29.9 Å². The zero-order valence-electron chi connectivity index (χ0n) is 15.5. The highest BCUT2D eigenvalue weighted by atomic mass is 19.1. The van der Waals surface area contributed by atoms with Crippen molar-refractivity contribution in [1.82, 2.24) is 10.3 Å². The van der Waals surface area contributed by atoms with Crippen LogP contribution < -0.4 is 10.2 Å². The topological polar surface area (TPSA) is 65.2 Å². The molecular weight excluding hydrogens is 364 g/mol. The Hall–Kier alpha value is -3.22. The molecule has 0 bridgehead atoms. The van der Waals surface area contributed by atoms with E-state index in [1.807, 2.05) is 30.5 Å². The summed E-state index contributed by atoms with van der Waals surface area (Å²) in [4.78, 5) is 28.1. The molecule has 5 nitrogen and oxygen atoms in total. The number of rotatable bonds is 7. The summed E-state index contributed by atoms with van der Waals surface area (Å²) >= 11 is 0. The maximum Gasteiger partial charge on any atom is 0.224 e. The van der Waals surface area contributed by atoms with Gasteiger partial charge in [-0.3, -0.25) is 9.59 Å². The Balaban J connectivity index is 1.54. The Morgan fingerprint density at radius 2 is 1.79 bits per heavy atom. The van der Waals surface area contributed by atoms with E-state index in [0.29, 0.717) is 13.0 Å². The second-order valence-electron chi connectivity index (χ2n) is 6.45. The Bertz CT molecular complexity index is 980. The summed E-state index contributed by atoms with van der Waals surface area (Å²) in [6.07, 6.45) is 2.50. The molecule has 0 aliphatic heterocycles. The van der Waals surface area contributed by atoms with Gasteiger partial charge in [0.25, 0.3) is 0 Å². The summed E-state index contributed by atoms with van der Waals surface area (Å²) < 4.78 is 27.9. The molecule has 0 aliphatic carbocycles. The maximum absolute atomic E-state index is 13.9. The molecule has 2 N–H and O–H groups in total. The molecule has 1 heterocycles. The van der Waals surface area contributed by atoms with E-state index in [4.69, 9.17) is 0 Å². The van der Waals surface area contributed by atoms with Gasteiger partial charge in [-0.25, -0.2) is 8.78 Å². The van der Waals surface area contributed by atoms with Gasteiger partial charge < -0.3 is 15.2 Å². The van der Waals surface area contributed by atoms with Crippen LogP contribution in [0.25, 0.3) is 10.9 Å². The summed E-state index contributed by atoms with van der Waals surface area (Å²) in [5.41, 5.74) is 1.70. The van der Waals surface area contributed by atoms with Crippen LogP contribution in [0.5, 0.6) is 0 Å². The lowest BCUT2D eigenvalue weighted by Crippen LogP contribution is -2.35. The number of para-hydroxylation sites is 2. The van der Waals surface area contributed by atoms with Gasteiger partial charge in [0, 0.05) is 43.5 Å². The van der Waals surface area contributed by atoms with E-state index in [0.717, 1.165) is 33.5 Å². The van der Waals surface area contributed by atoms with E-state index in [2.05, 4.69) is 10.3 Å². The second-order valence-corrected chi connectivity index (χ2v) is 6.45. The highest BCUT2D eigenvalue weighted by molar-refractivity contribution is 5.92. The number of anilines is 1. The molecule has 28 heavy (non-hydrogen) atoms. The molecule has 0 atom stereocenters. The number of hydrogen-bond acceptors (Lipinski definition) is 2. The molecule has 0 saturated heterocycles. The number of aromatic amines is 1. The number of H-pyrrole nitrogens is 1. The first-order valence-corrected chi connectivity index (χ1v) is 9.01. The van der Waals surface area contributed by atoms with Gasteiger partial charge in [0.1, 0.15) is 17.3 Å². The fourth-order valence-electron chi connectivity index (χ4n) is 3.15. The zero-order chi connectivity index (χ0) is 20.1. The number of halogens is 2. The van der Waals surface area contributed by atoms with E-state index in [9.17, 15) is 18.4 Å².